The van der Waals surface area contributed by atoms with Crippen molar-refractivity contribution in [2.75, 3.05) is 11.9 Å². The number of aromatic nitrogens is 2. The van der Waals surface area contributed by atoms with Crippen LogP contribution < -0.4 is 16.4 Å². The molecule has 0 atom stereocenters. The smallest absolute Gasteiger partial charge is 0.319 e. The van der Waals surface area contributed by atoms with Gasteiger partial charge in [0, 0.05) is 28.7 Å². The molecular weight excluding hydrogens is 390 g/mol. The standard InChI is InChI=1S/C20H21N5O2.C4H6/c1-3-12(2)11-22-20(27)23-15-6-4-5-13(9-15)18-16-10-14(19(21)26)7-8-17(16)24-25-18;1-3-4-2/h3-10H,11H2,1-2H3,(H2,21,26)(H,24,25)(H2,22,23,27);3-4H,1-2H2/b12-3+;. The minimum absolute atomic E-state index is 0.281. The molecule has 5 N–H and O–H groups in total. The third kappa shape index (κ3) is 6.43. The second kappa shape index (κ2) is 11.2. The van der Waals surface area contributed by atoms with Crippen LogP contribution in [-0.2, 0) is 0 Å². The van der Waals surface area contributed by atoms with Crippen LogP contribution >= 0.6 is 0 Å². The number of nitrogens with zero attached hydrogens (tertiary/aromatic N) is 1. The Morgan fingerprint density at radius 3 is 2.55 bits per heavy atom. The van der Waals surface area contributed by atoms with E-state index in [4.69, 9.17) is 5.73 Å². The van der Waals surface area contributed by atoms with Crippen LogP contribution in [0.25, 0.3) is 22.2 Å². The number of anilines is 1. The number of H-pyrrole nitrogens is 1. The van der Waals surface area contributed by atoms with Gasteiger partial charge in [0.25, 0.3) is 0 Å². The second-order valence-electron chi connectivity index (χ2n) is 6.69. The monoisotopic (exact) mass is 417 g/mol. The third-order valence-electron chi connectivity index (χ3n) is 4.43. The third-order valence-corrected chi connectivity index (χ3v) is 4.43. The fraction of sp³-hybridized carbons (Fsp3) is 0.125. The number of primary amides is 1. The molecule has 3 amide bonds. The fourth-order valence-electron chi connectivity index (χ4n) is 2.63. The van der Waals surface area contributed by atoms with E-state index in [1.807, 2.05) is 38.1 Å². The van der Waals surface area contributed by atoms with E-state index in [2.05, 4.69) is 34.0 Å². The summed E-state index contributed by atoms with van der Waals surface area (Å²) in [6, 6.07) is 12.2. The van der Waals surface area contributed by atoms with Crippen molar-refractivity contribution < 1.29 is 9.59 Å². The molecule has 0 fully saturated rings. The molecule has 0 saturated carbocycles. The molecule has 1 aromatic heterocycles. The molecule has 7 heteroatoms. The van der Waals surface area contributed by atoms with E-state index in [1.165, 1.54) is 0 Å². The lowest BCUT2D eigenvalue weighted by Gasteiger charge is -2.09. The topological polar surface area (TPSA) is 113 Å². The number of nitrogens with one attached hydrogen (secondary N) is 3. The van der Waals surface area contributed by atoms with Gasteiger partial charge in [0.2, 0.25) is 5.91 Å². The summed E-state index contributed by atoms with van der Waals surface area (Å²) in [5, 5.41) is 13.7. The van der Waals surface area contributed by atoms with Crippen molar-refractivity contribution in [3.63, 3.8) is 0 Å². The van der Waals surface area contributed by atoms with E-state index in [0.717, 1.165) is 22.0 Å². The highest BCUT2D eigenvalue weighted by Crippen LogP contribution is 2.28. The van der Waals surface area contributed by atoms with Crippen molar-refractivity contribution in [1.29, 1.82) is 0 Å². The zero-order valence-corrected chi connectivity index (χ0v) is 17.7. The lowest BCUT2D eigenvalue weighted by Crippen LogP contribution is -2.29. The Labute approximate surface area is 181 Å². The SMILES string of the molecule is C/C=C(\C)CNC(=O)Nc1cccc(-c2n[nH]c3ccc(C(N)=O)cc23)c1.C=CC=C. The number of fused-ring (bicyclic) bond motifs is 1. The van der Waals surface area contributed by atoms with E-state index in [1.54, 1.807) is 36.4 Å². The van der Waals surface area contributed by atoms with Crippen molar-refractivity contribution in [1.82, 2.24) is 15.5 Å². The molecule has 0 aliphatic carbocycles. The molecule has 0 spiro atoms. The molecule has 0 aliphatic heterocycles. The maximum atomic E-state index is 12.0. The van der Waals surface area contributed by atoms with Gasteiger partial charge in [-0.3, -0.25) is 9.89 Å². The van der Waals surface area contributed by atoms with Crippen LogP contribution in [-0.4, -0.2) is 28.7 Å². The van der Waals surface area contributed by atoms with Gasteiger partial charge in [0.1, 0.15) is 0 Å². The number of hydrogen-bond donors (Lipinski definition) is 4. The average molecular weight is 418 g/mol. The van der Waals surface area contributed by atoms with Crippen molar-refractivity contribution in [2.45, 2.75) is 13.8 Å². The number of benzene rings is 2. The zero-order chi connectivity index (χ0) is 22.8. The zero-order valence-electron chi connectivity index (χ0n) is 17.7. The minimum Gasteiger partial charge on any atom is -0.366 e. The molecule has 0 unspecified atom stereocenters. The molecule has 31 heavy (non-hydrogen) atoms. The van der Waals surface area contributed by atoms with Crippen molar-refractivity contribution in [3.05, 3.63) is 85.0 Å². The highest BCUT2D eigenvalue weighted by molar-refractivity contribution is 6.01. The number of nitrogens with two attached hydrogens (primary N) is 1. The van der Waals surface area contributed by atoms with Crippen molar-refractivity contribution >= 4 is 28.5 Å². The Morgan fingerprint density at radius 2 is 1.90 bits per heavy atom. The summed E-state index contributed by atoms with van der Waals surface area (Å²) >= 11 is 0. The van der Waals surface area contributed by atoms with Gasteiger partial charge in [-0.2, -0.15) is 5.10 Å². The maximum Gasteiger partial charge on any atom is 0.319 e. The van der Waals surface area contributed by atoms with Crippen LogP contribution in [0.5, 0.6) is 0 Å². The number of carbonyl (C=O) groups is 2. The minimum atomic E-state index is -0.493. The molecule has 160 valence electrons. The van der Waals surface area contributed by atoms with Crippen LogP contribution in [0.4, 0.5) is 10.5 Å². The number of rotatable bonds is 6. The van der Waals surface area contributed by atoms with Gasteiger partial charge in [-0.1, -0.05) is 49.1 Å². The van der Waals surface area contributed by atoms with Gasteiger partial charge in [0.05, 0.1) is 11.2 Å². The molecule has 7 nitrogen and oxygen atoms in total. The van der Waals surface area contributed by atoms with Crippen LogP contribution in [0.3, 0.4) is 0 Å². The van der Waals surface area contributed by atoms with E-state index < -0.39 is 5.91 Å². The van der Waals surface area contributed by atoms with Crippen molar-refractivity contribution in [3.8, 4) is 11.3 Å². The summed E-state index contributed by atoms with van der Waals surface area (Å²) in [7, 11) is 0. The molecule has 0 radical (unpaired) electrons. The average Bonchev–Trinajstić information content (AvgIpc) is 3.21. The van der Waals surface area contributed by atoms with Crippen LogP contribution in [0.15, 0.2) is 79.4 Å². The maximum absolute atomic E-state index is 12.0. The molecule has 0 bridgehead atoms. The van der Waals surface area contributed by atoms with Gasteiger partial charge < -0.3 is 16.4 Å². The Kier molecular flexibility index (Phi) is 8.33. The Morgan fingerprint density at radius 1 is 1.16 bits per heavy atom. The largest absolute Gasteiger partial charge is 0.366 e. The van der Waals surface area contributed by atoms with E-state index in [0.29, 0.717) is 23.5 Å². The Bertz CT molecular complexity index is 1120. The number of carbonyl (C=O) groups excluding carboxylic acids is 2. The summed E-state index contributed by atoms with van der Waals surface area (Å²) in [4.78, 5) is 23.5. The summed E-state index contributed by atoms with van der Waals surface area (Å²) in [6.45, 7) is 11.1. The molecule has 3 rings (SSSR count). The predicted octanol–water partition coefficient (Wildman–Crippen LogP) is 4.77. The lowest BCUT2D eigenvalue weighted by atomic mass is 10.0. The number of hydrogen-bond acceptors (Lipinski definition) is 3. The summed E-state index contributed by atoms with van der Waals surface area (Å²) in [5.74, 6) is -0.493. The predicted molar refractivity (Wildman–Crippen MR) is 127 cm³/mol. The van der Waals surface area contributed by atoms with Crippen LogP contribution in [0.2, 0.25) is 0 Å². The number of amides is 3. The van der Waals surface area contributed by atoms with Crippen LogP contribution in [0, 0.1) is 0 Å². The molecule has 2 aromatic carbocycles. The van der Waals surface area contributed by atoms with E-state index in [9.17, 15) is 9.59 Å². The van der Waals surface area contributed by atoms with Crippen LogP contribution in [0.1, 0.15) is 24.2 Å². The van der Waals surface area contributed by atoms with Gasteiger partial charge in [-0.15, -0.1) is 0 Å². The first-order valence-electron chi connectivity index (χ1n) is 9.68. The summed E-state index contributed by atoms with van der Waals surface area (Å²) < 4.78 is 0. The van der Waals surface area contributed by atoms with Gasteiger partial charge in [-0.05, 0) is 44.2 Å². The molecule has 3 aromatic rings. The van der Waals surface area contributed by atoms with E-state index in [-0.39, 0.29) is 6.03 Å². The molecular formula is C24H27N5O2. The first-order chi connectivity index (χ1) is 14.9. The lowest BCUT2D eigenvalue weighted by molar-refractivity contribution is 0.100. The van der Waals surface area contributed by atoms with Crippen molar-refractivity contribution in [2.24, 2.45) is 5.73 Å². The first-order valence-corrected chi connectivity index (χ1v) is 9.68. The van der Waals surface area contributed by atoms with Gasteiger partial charge in [0.15, 0.2) is 0 Å². The normalized spacial score (nSPS) is 10.6. The van der Waals surface area contributed by atoms with Gasteiger partial charge >= 0.3 is 6.03 Å². The molecule has 1 heterocycles. The molecule has 0 aliphatic rings. The first kappa shape index (κ1) is 23.2. The number of aromatic amines is 1. The second-order valence-corrected chi connectivity index (χ2v) is 6.69. The summed E-state index contributed by atoms with van der Waals surface area (Å²) in [6.07, 6.45) is 5.23. The Balaban J connectivity index is 0.000000785. The number of allylic oxidation sites excluding steroid dienone is 3. The summed E-state index contributed by atoms with van der Waals surface area (Å²) in [5.41, 5.74) is 9.80. The Hall–Kier alpha value is -4.13. The quantitative estimate of drug-likeness (QED) is 0.342. The highest BCUT2D eigenvalue weighted by Gasteiger charge is 2.12. The van der Waals surface area contributed by atoms with E-state index >= 15 is 0 Å². The highest BCUT2D eigenvalue weighted by atomic mass is 16.2. The number of urea groups is 1. The fourth-order valence-corrected chi connectivity index (χ4v) is 2.63. The van der Waals surface area contributed by atoms with Gasteiger partial charge in [-0.25, -0.2) is 4.79 Å². The molecule has 0 saturated heterocycles.